The lowest BCUT2D eigenvalue weighted by Gasteiger charge is -2.22. The molecule has 0 bridgehead atoms. The summed E-state index contributed by atoms with van der Waals surface area (Å²) in [6, 6.07) is -0.537. The van der Waals surface area contributed by atoms with Crippen molar-refractivity contribution in [2.24, 2.45) is 0 Å². The minimum Gasteiger partial charge on any atom is -0.466 e. The van der Waals surface area contributed by atoms with Crippen LogP contribution in [0.2, 0.25) is 0 Å². The van der Waals surface area contributed by atoms with Crippen LogP contribution in [0.25, 0.3) is 0 Å². The highest BCUT2D eigenvalue weighted by atomic mass is 16.5. The summed E-state index contributed by atoms with van der Waals surface area (Å²) in [6.45, 7) is 4.95. The Morgan fingerprint density at radius 2 is 0.667 bits per heavy atom. The lowest BCUT2D eigenvalue weighted by atomic mass is 10.0. The predicted octanol–water partition coefficient (Wildman–Crippen LogP) is 21.8. The van der Waals surface area contributed by atoms with Gasteiger partial charge >= 0.3 is 5.97 Å². The molecule has 444 valence electrons. The topological polar surface area (TPSA) is 95.9 Å². The molecule has 0 aliphatic carbocycles. The van der Waals surface area contributed by atoms with Gasteiger partial charge < -0.3 is 20.3 Å². The molecule has 0 aromatic rings. The van der Waals surface area contributed by atoms with E-state index >= 15 is 0 Å². The van der Waals surface area contributed by atoms with Gasteiger partial charge in [0.15, 0.2) is 0 Å². The first-order valence-electron chi connectivity index (χ1n) is 34.1. The zero-order chi connectivity index (χ0) is 54.3. The summed E-state index contributed by atoms with van der Waals surface area (Å²) in [4.78, 5) is 24.6. The maximum atomic E-state index is 12.5. The van der Waals surface area contributed by atoms with E-state index in [1.807, 2.05) is 0 Å². The van der Waals surface area contributed by atoms with Gasteiger partial charge in [-0.25, -0.2) is 0 Å². The SMILES string of the molecule is CCCCC/C=C\C/C=C\CCCCCCCCCC(=O)OCCCCCCCCCCCCCCCCCCCCCCCCCCCCCCCC(=O)NC(CO)C(O)CCCCCCCCCCCCCC. The number of unbranched alkanes of at least 4 members (excludes halogenated alkanes) is 49. The third kappa shape index (κ3) is 61.4. The Labute approximate surface area is 469 Å². The van der Waals surface area contributed by atoms with E-state index in [2.05, 4.69) is 43.5 Å². The Kier molecular flexibility index (Phi) is 63.4. The van der Waals surface area contributed by atoms with Crippen molar-refractivity contribution in [3.63, 3.8) is 0 Å². The number of ether oxygens (including phenoxy) is 1. The number of carbonyl (C=O) groups excluding carboxylic acids is 2. The van der Waals surface area contributed by atoms with Gasteiger partial charge in [-0.2, -0.15) is 0 Å². The Balaban J connectivity index is 3.31. The van der Waals surface area contributed by atoms with Gasteiger partial charge in [-0.1, -0.05) is 334 Å². The molecule has 0 aliphatic heterocycles. The Hall–Kier alpha value is -1.66. The summed E-state index contributed by atoms with van der Waals surface area (Å²) in [5.74, 6) is -0.0179. The van der Waals surface area contributed by atoms with Gasteiger partial charge in [0.05, 0.1) is 25.4 Å². The second kappa shape index (κ2) is 64.9. The average molecular weight is 1060 g/mol. The van der Waals surface area contributed by atoms with Gasteiger partial charge in [0.2, 0.25) is 5.91 Å². The van der Waals surface area contributed by atoms with Crippen LogP contribution in [0.1, 0.15) is 380 Å². The number of hydrogen-bond acceptors (Lipinski definition) is 5. The van der Waals surface area contributed by atoms with Gasteiger partial charge in [-0.05, 0) is 57.8 Å². The summed E-state index contributed by atoms with van der Waals surface area (Å²) < 4.78 is 5.50. The molecule has 2 unspecified atom stereocenters. The largest absolute Gasteiger partial charge is 0.466 e. The summed E-state index contributed by atoms with van der Waals surface area (Å²) in [7, 11) is 0. The number of aliphatic hydroxyl groups is 2. The second-order valence-corrected chi connectivity index (χ2v) is 23.5. The lowest BCUT2D eigenvalue weighted by molar-refractivity contribution is -0.143. The van der Waals surface area contributed by atoms with E-state index in [1.54, 1.807) is 0 Å². The van der Waals surface area contributed by atoms with Crippen LogP contribution in [0, 0.1) is 0 Å². The number of carbonyl (C=O) groups is 2. The molecule has 0 heterocycles. The van der Waals surface area contributed by atoms with E-state index in [9.17, 15) is 19.8 Å². The molecule has 0 radical (unpaired) electrons. The first-order valence-corrected chi connectivity index (χ1v) is 34.1. The Morgan fingerprint density at radius 3 is 1.04 bits per heavy atom. The molecule has 75 heavy (non-hydrogen) atoms. The molecule has 0 aliphatic rings. The normalized spacial score (nSPS) is 12.6. The van der Waals surface area contributed by atoms with Crippen molar-refractivity contribution in [2.45, 2.75) is 392 Å². The number of esters is 1. The van der Waals surface area contributed by atoms with E-state index in [0.717, 1.165) is 51.4 Å². The third-order valence-corrected chi connectivity index (χ3v) is 16.0. The van der Waals surface area contributed by atoms with Crippen LogP contribution < -0.4 is 5.32 Å². The van der Waals surface area contributed by atoms with Crippen molar-refractivity contribution < 1.29 is 24.5 Å². The van der Waals surface area contributed by atoms with Crippen LogP contribution in [0.5, 0.6) is 0 Å². The number of aliphatic hydroxyl groups excluding tert-OH is 2. The molecule has 0 fully saturated rings. The fourth-order valence-electron chi connectivity index (χ4n) is 10.8. The summed E-state index contributed by atoms with van der Waals surface area (Å²) in [6.07, 6.45) is 80.8. The first kappa shape index (κ1) is 73.3. The van der Waals surface area contributed by atoms with E-state index in [0.29, 0.717) is 25.9 Å². The number of amides is 1. The van der Waals surface area contributed by atoms with Crippen LogP contribution in [-0.4, -0.2) is 47.4 Å². The second-order valence-electron chi connectivity index (χ2n) is 23.5. The standard InChI is InChI=1S/C69H133NO5/c1-3-5-7-9-11-13-15-17-18-32-36-39-43-47-51-55-59-63-69(74)75-64-60-56-52-48-44-40-37-34-31-29-27-25-23-21-19-20-22-24-26-28-30-33-35-38-42-46-50-54-58-62-68(73)70-66(65-71)67(72)61-57-53-49-45-41-16-14-12-10-8-6-4-2/h11,13,17-18,66-67,71-72H,3-10,12,14-16,19-65H2,1-2H3,(H,70,73)/b13-11-,18-17-. The fraction of sp³-hybridized carbons (Fsp3) is 0.913. The highest BCUT2D eigenvalue weighted by molar-refractivity contribution is 5.76. The van der Waals surface area contributed by atoms with Crippen molar-refractivity contribution in [3.8, 4) is 0 Å². The van der Waals surface area contributed by atoms with Crippen LogP contribution in [0.4, 0.5) is 0 Å². The number of nitrogens with one attached hydrogen (secondary N) is 1. The molecule has 6 heteroatoms. The minimum atomic E-state index is -0.660. The average Bonchev–Trinajstić information content (AvgIpc) is 3.41. The molecular weight excluding hydrogens is 923 g/mol. The maximum absolute atomic E-state index is 12.5. The van der Waals surface area contributed by atoms with Crippen molar-refractivity contribution in [1.29, 1.82) is 0 Å². The summed E-state index contributed by atoms with van der Waals surface area (Å²) in [5.41, 5.74) is 0. The van der Waals surface area contributed by atoms with Crippen molar-refractivity contribution in [1.82, 2.24) is 5.32 Å². The third-order valence-electron chi connectivity index (χ3n) is 16.0. The monoisotopic (exact) mass is 1060 g/mol. The maximum Gasteiger partial charge on any atom is 0.305 e. The molecule has 2 atom stereocenters. The van der Waals surface area contributed by atoms with Crippen molar-refractivity contribution in [2.75, 3.05) is 13.2 Å². The van der Waals surface area contributed by atoms with Crippen LogP contribution >= 0.6 is 0 Å². The number of allylic oxidation sites excluding steroid dienone is 4. The molecule has 0 saturated carbocycles. The molecule has 0 saturated heterocycles. The van der Waals surface area contributed by atoms with Crippen LogP contribution in [0.3, 0.4) is 0 Å². The van der Waals surface area contributed by atoms with Gasteiger partial charge in [0, 0.05) is 12.8 Å². The van der Waals surface area contributed by atoms with Gasteiger partial charge in [0.1, 0.15) is 0 Å². The zero-order valence-electron chi connectivity index (χ0n) is 50.8. The van der Waals surface area contributed by atoms with Crippen LogP contribution in [-0.2, 0) is 14.3 Å². The van der Waals surface area contributed by atoms with E-state index in [-0.39, 0.29) is 18.5 Å². The molecule has 1 amide bonds. The molecule has 6 nitrogen and oxygen atoms in total. The molecular formula is C69H133NO5. The number of rotatable bonds is 64. The van der Waals surface area contributed by atoms with Crippen molar-refractivity contribution in [3.05, 3.63) is 24.3 Å². The lowest BCUT2D eigenvalue weighted by Crippen LogP contribution is -2.45. The van der Waals surface area contributed by atoms with Gasteiger partial charge in [0.25, 0.3) is 0 Å². The highest BCUT2D eigenvalue weighted by Crippen LogP contribution is 2.19. The summed E-state index contributed by atoms with van der Waals surface area (Å²) in [5, 5.41) is 23.3. The smallest absolute Gasteiger partial charge is 0.305 e. The van der Waals surface area contributed by atoms with E-state index in [4.69, 9.17) is 4.74 Å². The molecule has 0 spiro atoms. The van der Waals surface area contributed by atoms with E-state index < -0.39 is 12.1 Å². The van der Waals surface area contributed by atoms with Crippen molar-refractivity contribution >= 4 is 11.9 Å². The number of hydrogen-bond donors (Lipinski definition) is 3. The fourth-order valence-corrected chi connectivity index (χ4v) is 10.8. The molecule has 0 aromatic carbocycles. The molecule has 0 rings (SSSR count). The predicted molar refractivity (Wildman–Crippen MR) is 329 cm³/mol. The zero-order valence-corrected chi connectivity index (χ0v) is 50.8. The molecule has 3 N–H and O–H groups in total. The quantitative estimate of drug-likeness (QED) is 0.0320. The van der Waals surface area contributed by atoms with Gasteiger partial charge in [-0.3, -0.25) is 9.59 Å². The van der Waals surface area contributed by atoms with Crippen LogP contribution in [0.15, 0.2) is 24.3 Å². The molecule has 0 aromatic heterocycles. The summed E-state index contributed by atoms with van der Waals surface area (Å²) >= 11 is 0. The van der Waals surface area contributed by atoms with Gasteiger partial charge in [-0.15, -0.1) is 0 Å². The van der Waals surface area contributed by atoms with E-state index in [1.165, 1.54) is 295 Å². The Morgan fingerprint density at radius 1 is 0.373 bits per heavy atom. The minimum absolute atomic E-state index is 0.0122. The Bertz CT molecular complexity index is 1170. The first-order chi connectivity index (χ1) is 37.0. The highest BCUT2D eigenvalue weighted by Gasteiger charge is 2.20.